The number of aliphatic carboxylic acids is 1. The summed E-state index contributed by atoms with van der Waals surface area (Å²) in [6.45, 7) is 0. The third-order valence-corrected chi connectivity index (χ3v) is 2.89. The first-order valence-electron chi connectivity index (χ1n) is 4.43. The van der Waals surface area contributed by atoms with Crippen LogP contribution in [0.2, 0.25) is 0 Å². The van der Waals surface area contributed by atoms with Crippen LogP contribution in [-0.2, 0) is 4.79 Å². The van der Waals surface area contributed by atoms with Crippen molar-refractivity contribution in [2.75, 3.05) is 0 Å². The lowest BCUT2D eigenvalue weighted by molar-refractivity contribution is -0.137. The highest BCUT2D eigenvalue weighted by Crippen LogP contribution is 2.27. The third-order valence-electron chi connectivity index (χ3n) is 2.05. The van der Waals surface area contributed by atoms with Crippen LogP contribution in [0.1, 0.15) is 24.4 Å². The molecule has 3 N–H and O–H groups in total. The van der Waals surface area contributed by atoms with Crippen molar-refractivity contribution in [3.8, 4) is 0 Å². The van der Waals surface area contributed by atoms with E-state index in [4.69, 9.17) is 10.8 Å². The normalized spacial score (nSPS) is 12.5. The standard InChI is InChI=1S/C10H11BrFNO2/c11-10-6(2-1-3-7(10)12)8(13)4-5-9(14)15/h1-3,8H,4-5,13H2,(H,14,15). The van der Waals surface area contributed by atoms with E-state index < -0.39 is 17.8 Å². The van der Waals surface area contributed by atoms with E-state index in [1.807, 2.05) is 0 Å². The fourth-order valence-corrected chi connectivity index (χ4v) is 1.80. The van der Waals surface area contributed by atoms with E-state index >= 15 is 0 Å². The second-order valence-corrected chi connectivity index (χ2v) is 3.97. The fourth-order valence-electron chi connectivity index (χ4n) is 1.24. The maximum absolute atomic E-state index is 13.1. The number of nitrogens with two attached hydrogens (primary N) is 1. The number of carboxylic acids is 1. The van der Waals surface area contributed by atoms with Crippen LogP contribution in [0.5, 0.6) is 0 Å². The van der Waals surface area contributed by atoms with E-state index in [0.717, 1.165) is 0 Å². The van der Waals surface area contributed by atoms with Crippen LogP contribution in [-0.4, -0.2) is 11.1 Å². The second kappa shape index (κ2) is 5.23. The molecule has 0 amide bonds. The van der Waals surface area contributed by atoms with E-state index in [0.29, 0.717) is 10.0 Å². The Kier molecular flexibility index (Phi) is 4.23. The van der Waals surface area contributed by atoms with E-state index in [-0.39, 0.29) is 12.8 Å². The maximum atomic E-state index is 13.1. The number of rotatable bonds is 4. The summed E-state index contributed by atoms with van der Waals surface area (Å²) in [5.41, 5.74) is 6.35. The molecule has 0 aliphatic heterocycles. The molecule has 0 fully saturated rings. The molecule has 0 saturated heterocycles. The van der Waals surface area contributed by atoms with E-state index in [1.54, 1.807) is 12.1 Å². The zero-order valence-corrected chi connectivity index (χ0v) is 9.50. The first-order chi connectivity index (χ1) is 7.02. The van der Waals surface area contributed by atoms with Gasteiger partial charge in [-0.05, 0) is 34.0 Å². The molecule has 0 aromatic heterocycles. The highest BCUT2D eigenvalue weighted by Gasteiger charge is 2.13. The maximum Gasteiger partial charge on any atom is 0.303 e. The van der Waals surface area contributed by atoms with Crippen LogP contribution in [0, 0.1) is 5.82 Å². The average molecular weight is 276 g/mol. The Labute approximate surface area is 95.2 Å². The van der Waals surface area contributed by atoms with Crippen molar-refractivity contribution in [2.45, 2.75) is 18.9 Å². The van der Waals surface area contributed by atoms with Gasteiger partial charge in [-0.15, -0.1) is 0 Å². The van der Waals surface area contributed by atoms with Crippen molar-refractivity contribution in [2.24, 2.45) is 5.73 Å². The monoisotopic (exact) mass is 275 g/mol. The highest BCUT2D eigenvalue weighted by atomic mass is 79.9. The van der Waals surface area contributed by atoms with Gasteiger partial charge in [0.1, 0.15) is 5.82 Å². The van der Waals surface area contributed by atoms with Crippen molar-refractivity contribution in [1.29, 1.82) is 0 Å². The number of carboxylic acid groups (broad SMARTS) is 1. The van der Waals surface area contributed by atoms with Gasteiger partial charge in [-0.3, -0.25) is 4.79 Å². The number of halogens is 2. The molecule has 1 aromatic rings. The average Bonchev–Trinajstić information content (AvgIpc) is 2.18. The van der Waals surface area contributed by atoms with Crippen molar-refractivity contribution >= 4 is 21.9 Å². The molecule has 0 aliphatic rings. The minimum absolute atomic E-state index is 0.0237. The van der Waals surface area contributed by atoms with Crippen LogP contribution in [0.25, 0.3) is 0 Å². The molecule has 1 rings (SSSR count). The van der Waals surface area contributed by atoms with Gasteiger partial charge in [0.15, 0.2) is 0 Å². The molecule has 3 nitrogen and oxygen atoms in total. The number of hydrogen-bond acceptors (Lipinski definition) is 2. The second-order valence-electron chi connectivity index (χ2n) is 3.18. The lowest BCUT2D eigenvalue weighted by atomic mass is 10.0. The van der Waals surface area contributed by atoms with Gasteiger partial charge >= 0.3 is 5.97 Å². The van der Waals surface area contributed by atoms with E-state index in [2.05, 4.69) is 15.9 Å². The summed E-state index contributed by atoms with van der Waals surface area (Å²) in [6, 6.07) is 4.08. The molecule has 0 spiro atoms. The molecule has 1 unspecified atom stereocenters. The summed E-state index contributed by atoms with van der Waals surface area (Å²) >= 11 is 3.09. The topological polar surface area (TPSA) is 63.3 Å². The van der Waals surface area contributed by atoms with Gasteiger partial charge in [-0.1, -0.05) is 12.1 Å². The summed E-state index contributed by atoms with van der Waals surface area (Å²) in [5.74, 6) is -1.30. The molecule has 1 atom stereocenters. The number of carbonyl (C=O) groups is 1. The smallest absolute Gasteiger partial charge is 0.303 e. The van der Waals surface area contributed by atoms with E-state index in [9.17, 15) is 9.18 Å². The van der Waals surface area contributed by atoms with Gasteiger partial charge < -0.3 is 10.8 Å². The zero-order chi connectivity index (χ0) is 11.4. The zero-order valence-electron chi connectivity index (χ0n) is 7.91. The molecular formula is C10H11BrFNO2. The fraction of sp³-hybridized carbons (Fsp3) is 0.300. The Morgan fingerprint density at radius 2 is 2.27 bits per heavy atom. The molecule has 0 radical (unpaired) electrons. The predicted octanol–water partition coefficient (Wildman–Crippen LogP) is 2.45. The van der Waals surface area contributed by atoms with Crippen LogP contribution in [0.3, 0.4) is 0 Å². The van der Waals surface area contributed by atoms with Gasteiger partial charge in [-0.2, -0.15) is 0 Å². The van der Waals surface area contributed by atoms with Gasteiger partial charge in [0.2, 0.25) is 0 Å². The first kappa shape index (κ1) is 12.1. The first-order valence-corrected chi connectivity index (χ1v) is 5.23. The van der Waals surface area contributed by atoms with Gasteiger partial charge in [0.05, 0.1) is 4.47 Å². The highest BCUT2D eigenvalue weighted by molar-refractivity contribution is 9.10. The number of benzene rings is 1. The van der Waals surface area contributed by atoms with Crippen molar-refractivity contribution in [1.82, 2.24) is 0 Å². The Hall–Kier alpha value is -0.940. The summed E-state index contributed by atoms with van der Waals surface area (Å²) < 4.78 is 13.4. The van der Waals surface area contributed by atoms with Crippen molar-refractivity contribution in [3.05, 3.63) is 34.1 Å². The Morgan fingerprint density at radius 3 is 2.87 bits per heavy atom. The van der Waals surface area contributed by atoms with Crippen LogP contribution in [0.4, 0.5) is 4.39 Å². The minimum Gasteiger partial charge on any atom is -0.481 e. The molecule has 0 aliphatic carbocycles. The molecular weight excluding hydrogens is 265 g/mol. The SMILES string of the molecule is NC(CCC(=O)O)c1cccc(F)c1Br. The molecule has 82 valence electrons. The number of hydrogen-bond donors (Lipinski definition) is 2. The summed E-state index contributed by atoms with van der Waals surface area (Å²) in [5, 5.41) is 8.49. The molecule has 0 saturated carbocycles. The molecule has 0 bridgehead atoms. The molecule has 5 heteroatoms. The van der Waals surface area contributed by atoms with Gasteiger partial charge in [-0.25, -0.2) is 4.39 Å². The predicted molar refractivity (Wildman–Crippen MR) is 57.9 cm³/mol. The lowest BCUT2D eigenvalue weighted by Gasteiger charge is -2.12. The summed E-state index contributed by atoms with van der Waals surface area (Å²) in [4.78, 5) is 10.3. The molecule has 1 aromatic carbocycles. The summed E-state index contributed by atoms with van der Waals surface area (Å²) in [7, 11) is 0. The Bertz CT molecular complexity index is 370. The van der Waals surface area contributed by atoms with Crippen molar-refractivity contribution in [3.63, 3.8) is 0 Å². The molecule has 15 heavy (non-hydrogen) atoms. The third kappa shape index (κ3) is 3.28. The van der Waals surface area contributed by atoms with Crippen molar-refractivity contribution < 1.29 is 14.3 Å². The summed E-state index contributed by atoms with van der Waals surface area (Å²) in [6.07, 6.45) is 0.265. The Balaban J connectivity index is 2.77. The quantitative estimate of drug-likeness (QED) is 0.887. The largest absolute Gasteiger partial charge is 0.481 e. The van der Waals surface area contributed by atoms with Gasteiger partial charge in [0, 0.05) is 12.5 Å². The Morgan fingerprint density at radius 1 is 1.60 bits per heavy atom. The minimum atomic E-state index is -0.905. The van der Waals surface area contributed by atoms with E-state index in [1.165, 1.54) is 6.07 Å². The van der Waals surface area contributed by atoms with Gasteiger partial charge in [0.25, 0.3) is 0 Å². The van der Waals surface area contributed by atoms with Crippen LogP contribution < -0.4 is 5.73 Å². The molecule has 0 heterocycles. The van der Waals surface area contributed by atoms with Crippen LogP contribution in [0.15, 0.2) is 22.7 Å². The van der Waals surface area contributed by atoms with Crippen LogP contribution >= 0.6 is 15.9 Å². The lowest BCUT2D eigenvalue weighted by Crippen LogP contribution is -2.13.